The molecule has 1 aromatic heterocycles. The zero-order valence-electron chi connectivity index (χ0n) is 11.6. The van der Waals surface area contributed by atoms with E-state index in [4.69, 9.17) is 5.73 Å². The molecule has 0 radical (unpaired) electrons. The molecule has 1 atom stereocenters. The molecule has 0 saturated heterocycles. The van der Waals surface area contributed by atoms with E-state index in [1.165, 1.54) is 29.2 Å². The van der Waals surface area contributed by atoms with Crippen molar-refractivity contribution in [1.29, 1.82) is 0 Å². The Morgan fingerprint density at radius 3 is 2.75 bits per heavy atom. The number of benzene rings is 1. The highest BCUT2D eigenvalue weighted by Crippen LogP contribution is 2.36. The molecule has 0 amide bonds. The van der Waals surface area contributed by atoms with Crippen LogP contribution in [0.15, 0.2) is 27.4 Å². The first-order valence-corrected chi connectivity index (χ1v) is 7.82. The Hall–Kier alpha value is -1.18. The van der Waals surface area contributed by atoms with Crippen LogP contribution in [0, 0.1) is 5.82 Å². The van der Waals surface area contributed by atoms with Crippen LogP contribution in [0.4, 0.5) is 9.52 Å². The first-order chi connectivity index (χ1) is 9.47. The maximum absolute atomic E-state index is 14.0. The SMILES string of the molecule is CC(N)Cc1cccc(F)c1Sc1nnc(N(C)C)s1. The Morgan fingerprint density at radius 1 is 1.40 bits per heavy atom. The highest BCUT2D eigenvalue weighted by atomic mass is 32.2. The Morgan fingerprint density at radius 2 is 2.15 bits per heavy atom. The molecule has 108 valence electrons. The molecule has 4 nitrogen and oxygen atoms in total. The van der Waals surface area contributed by atoms with Crippen LogP contribution < -0.4 is 10.6 Å². The van der Waals surface area contributed by atoms with Crippen LogP contribution >= 0.6 is 23.1 Å². The van der Waals surface area contributed by atoms with Gasteiger partial charge in [-0.1, -0.05) is 35.2 Å². The summed E-state index contributed by atoms with van der Waals surface area (Å²) in [5.74, 6) is -0.241. The fraction of sp³-hybridized carbons (Fsp3) is 0.385. The van der Waals surface area contributed by atoms with Crippen molar-refractivity contribution in [3.8, 4) is 0 Å². The predicted octanol–water partition coefficient (Wildman–Crippen LogP) is 2.78. The Kier molecular flexibility index (Phi) is 4.95. The Labute approximate surface area is 126 Å². The lowest BCUT2D eigenvalue weighted by molar-refractivity contribution is 0.592. The van der Waals surface area contributed by atoms with Crippen molar-refractivity contribution < 1.29 is 4.39 Å². The third-order valence-electron chi connectivity index (χ3n) is 2.56. The monoisotopic (exact) mass is 312 g/mol. The van der Waals surface area contributed by atoms with Gasteiger partial charge in [0.1, 0.15) is 5.82 Å². The quantitative estimate of drug-likeness (QED) is 0.920. The number of nitrogens with zero attached hydrogens (tertiary/aromatic N) is 3. The summed E-state index contributed by atoms with van der Waals surface area (Å²) in [6.45, 7) is 1.91. The summed E-state index contributed by atoms with van der Waals surface area (Å²) in [5.41, 5.74) is 6.73. The summed E-state index contributed by atoms with van der Waals surface area (Å²) in [4.78, 5) is 2.47. The summed E-state index contributed by atoms with van der Waals surface area (Å²) in [6.07, 6.45) is 0.638. The van der Waals surface area contributed by atoms with Crippen LogP contribution in [-0.4, -0.2) is 30.3 Å². The lowest BCUT2D eigenvalue weighted by atomic mass is 10.1. The first kappa shape index (κ1) is 15.2. The molecule has 0 aliphatic carbocycles. The average Bonchev–Trinajstić information content (AvgIpc) is 2.81. The van der Waals surface area contributed by atoms with Gasteiger partial charge in [-0.25, -0.2) is 4.39 Å². The summed E-state index contributed by atoms with van der Waals surface area (Å²) < 4.78 is 14.8. The van der Waals surface area contributed by atoms with Crippen molar-refractivity contribution in [3.63, 3.8) is 0 Å². The van der Waals surface area contributed by atoms with Gasteiger partial charge in [-0.05, 0) is 25.0 Å². The topological polar surface area (TPSA) is 55.0 Å². The van der Waals surface area contributed by atoms with Crippen LogP contribution in [-0.2, 0) is 6.42 Å². The molecule has 7 heteroatoms. The molecule has 0 aliphatic heterocycles. The van der Waals surface area contributed by atoms with Crippen LogP contribution in [0.3, 0.4) is 0 Å². The normalized spacial score (nSPS) is 12.4. The molecule has 0 aliphatic rings. The van der Waals surface area contributed by atoms with Gasteiger partial charge in [0.25, 0.3) is 0 Å². The zero-order chi connectivity index (χ0) is 14.7. The van der Waals surface area contributed by atoms with Gasteiger partial charge in [0.05, 0.1) is 4.90 Å². The maximum Gasteiger partial charge on any atom is 0.208 e. The van der Waals surface area contributed by atoms with Crippen molar-refractivity contribution in [2.24, 2.45) is 5.73 Å². The summed E-state index contributed by atoms with van der Waals surface area (Å²) in [5, 5.41) is 8.95. The molecule has 2 aromatic rings. The van der Waals surface area contributed by atoms with Crippen molar-refractivity contribution in [2.45, 2.75) is 28.6 Å². The van der Waals surface area contributed by atoms with Crippen molar-refractivity contribution in [3.05, 3.63) is 29.6 Å². The number of aromatic nitrogens is 2. The van der Waals surface area contributed by atoms with E-state index in [1.54, 1.807) is 6.07 Å². The third kappa shape index (κ3) is 3.68. The molecule has 1 unspecified atom stereocenters. The van der Waals surface area contributed by atoms with Crippen molar-refractivity contribution in [2.75, 3.05) is 19.0 Å². The van der Waals surface area contributed by atoms with Gasteiger partial charge in [-0.2, -0.15) is 0 Å². The van der Waals surface area contributed by atoms with E-state index in [0.717, 1.165) is 15.0 Å². The minimum absolute atomic E-state index is 0.0112. The number of halogens is 1. The molecule has 20 heavy (non-hydrogen) atoms. The van der Waals surface area contributed by atoms with Gasteiger partial charge in [0, 0.05) is 20.1 Å². The molecular formula is C13H17FN4S2. The molecule has 1 aromatic carbocycles. The fourth-order valence-electron chi connectivity index (χ4n) is 1.69. The van der Waals surface area contributed by atoms with Gasteiger partial charge < -0.3 is 10.6 Å². The lowest BCUT2D eigenvalue weighted by Crippen LogP contribution is -2.18. The predicted molar refractivity (Wildman–Crippen MR) is 82.1 cm³/mol. The number of nitrogens with two attached hydrogens (primary N) is 1. The van der Waals surface area contributed by atoms with E-state index < -0.39 is 0 Å². The molecule has 2 N–H and O–H groups in total. The van der Waals surface area contributed by atoms with Gasteiger partial charge in [-0.3, -0.25) is 0 Å². The molecule has 2 rings (SSSR count). The Balaban J connectivity index is 2.27. The number of hydrogen-bond donors (Lipinski definition) is 1. The first-order valence-electron chi connectivity index (χ1n) is 6.19. The lowest BCUT2D eigenvalue weighted by Gasteiger charge is -2.10. The van der Waals surface area contributed by atoms with Crippen LogP contribution in [0.5, 0.6) is 0 Å². The van der Waals surface area contributed by atoms with E-state index in [9.17, 15) is 4.39 Å². The van der Waals surface area contributed by atoms with Gasteiger partial charge in [-0.15, -0.1) is 10.2 Å². The van der Waals surface area contributed by atoms with Crippen LogP contribution in [0.1, 0.15) is 12.5 Å². The molecule has 1 heterocycles. The average molecular weight is 312 g/mol. The number of anilines is 1. The van der Waals surface area contributed by atoms with Gasteiger partial charge in [0.15, 0.2) is 4.34 Å². The van der Waals surface area contributed by atoms with E-state index in [-0.39, 0.29) is 11.9 Å². The maximum atomic E-state index is 14.0. The summed E-state index contributed by atoms with van der Waals surface area (Å²) >= 11 is 2.75. The van der Waals surface area contributed by atoms with Crippen LogP contribution in [0.2, 0.25) is 0 Å². The van der Waals surface area contributed by atoms with E-state index >= 15 is 0 Å². The molecule has 0 spiro atoms. The molecule has 0 saturated carbocycles. The van der Waals surface area contributed by atoms with Crippen molar-refractivity contribution in [1.82, 2.24) is 10.2 Å². The third-order valence-corrected chi connectivity index (χ3v) is 4.86. The highest BCUT2D eigenvalue weighted by molar-refractivity contribution is 8.01. The van der Waals surface area contributed by atoms with Crippen LogP contribution in [0.25, 0.3) is 0 Å². The smallest absolute Gasteiger partial charge is 0.208 e. The standard InChI is InChI=1S/C13H17FN4S2/c1-8(15)7-9-5-4-6-10(14)11(9)19-13-17-16-12(20-13)18(2)3/h4-6,8H,7,15H2,1-3H3. The zero-order valence-corrected chi connectivity index (χ0v) is 13.3. The van der Waals surface area contributed by atoms with Gasteiger partial charge >= 0.3 is 0 Å². The molecule has 0 fully saturated rings. The number of hydrogen-bond acceptors (Lipinski definition) is 6. The van der Waals surface area contributed by atoms with E-state index in [0.29, 0.717) is 11.3 Å². The highest BCUT2D eigenvalue weighted by Gasteiger charge is 2.15. The number of rotatable bonds is 5. The summed E-state index contributed by atoms with van der Waals surface area (Å²) in [7, 11) is 3.80. The largest absolute Gasteiger partial charge is 0.353 e. The second-order valence-electron chi connectivity index (χ2n) is 4.76. The Bertz CT molecular complexity index is 584. The van der Waals surface area contributed by atoms with E-state index in [2.05, 4.69) is 10.2 Å². The second kappa shape index (κ2) is 6.51. The second-order valence-corrected chi connectivity index (χ2v) is 6.97. The molecule has 0 bridgehead atoms. The van der Waals surface area contributed by atoms with E-state index in [1.807, 2.05) is 32.0 Å². The molecular weight excluding hydrogens is 295 g/mol. The minimum Gasteiger partial charge on any atom is -0.353 e. The summed E-state index contributed by atoms with van der Waals surface area (Å²) in [6, 6.07) is 5.06. The van der Waals surface area contributed by atoms with Crippen molar-refractivity contribution >= 4 is 28.2 Å². The van der Waals surface area contributed by atoms with Gasteiger partial charge in [0.2, 0.25) is 5.13 Å². The minimum atomic E-state index is -0.241. The fourth-order valence-corrected chi connectivity index (χ4v) is 3.53.